The van der Waals surface area contributed by atoms with Crippen LogP contribution in [-0.4, -0.2) is 29.2 Å². The molecule has 0 saturated heterocycles. The molecule has 108 valence electrons. The molecule has 0 atom stereocenters. The number of aryl methyl sites for hydroxylation is 2. The Labute approximate surface area is 123 Å². The van der Waals surface area contributed by atoms with Gasteiger partial charge in [0.15, 0.2) is 11.5 Å². The fourth-order valence-electron chi connectivity index (χ4n) is 2.32. The lowest BCUT2D eigenvalue weighted by atomic mass is 10.1. The summed E-state index contributed by atoms with van der Waals surface area (Å²) in [6.07, 6.45) is 5.40. The minimum Gasteiger partial charge on any atom is -0.493 e. The zero-order valence-corrected chi connectivity index (χ0v) is 12.1. The van der Waals surface area contributed by atoms with Crippen LogP contribution in [0, 0.1) is 0 Å². The van der Waals surface area contributed by atoms with Crippen LogP contribution in [0.15, 0.2) is 36.7 Å². The fourth-order valence-corrected chi connectivity index (χ4v) is 2.32. The van der Waals surface area contributed by atoms with Gasteiger partial charge in [-0.2, -0.15) is 0 Å². The minimum absolute atomic E-state index is 0.692. The van der Waals surface area contributed by atoms with E-state index in [4.69, 9.17) is 9.47 Å². The number of imidazole rings is 1. The third-order valence-corrected chi connectivity index (χ3v) is 3.44. The zero-order valence-electron chi connectivity index (χ0n) is 12.1. The number of nitrogens with zero attached hydrogens (tertiary/aromatic N) is 2. The standard InChI is InChI=1S/C16H17N3O2/c1-20-14-9-12-13(10-15(14)21-2)19-16(18-12)4-3-11-5-7-17-8-6-11/h5-10H,3-4H2,1-2H3,(H,18,19). The summed E-state index contributed by atoms with van der Waals surface area (Å²) in [5.41, 5.74) is 3.09. The summed E-state index contributed by atoms with van der Waals surface area (Å²) in [5.74, 6) is 2.35. The van der Waals surface area contributed by atoms with Crippen molar-refractivity contribution in [1.82, 2.24) is 15.0 Å². The summed E-state index contributed by atoms with van der Waals surface area (Å²) in [5, 5.41) is 0. The molecule has 0 spiro atoms. The van der Waals surface area contributed by atoms with E-state index in [1.54, 1.807) is 14.2 Å². The largest absolute Gasteiger partial charge is 0.493 e. The molecule has 3 aromatic rings. The summed E-state index contributed by atoms with van der Waals surface area (Å²) in [7, 11) is 3.26. The molecule has 3 rings (SSSR count). The highest BCUT2D eigenvalue weighted by atomic mass is 16.5. The number of aromatic nitrogens is 3. The van der Waals surface area contributed by atoms with Gasteiger partial charge < -0.3 is 14.5 Å². The van der Waals surface area contributed by atoms with Crippen LogP contribution in [0.2, 0.25) is 0 Å². The van der Waals surface area contributed by atoms with Crippen molar-refractivity contribution in [1.29, 1.82) is 0 Å². The maximum Gasteiger partial charge on any atom is 0.163 e. The van der Waals surface area contributed by atoms with Gasteiger partial charge in [0, 0.05) is 30.9 Å². The molecule has 1 N–H and O–H groups in total. The van der Waals surface area contributed by atoms with Gasteiger partial charge in [-0.15, -0.1) is 0 Å². The quantitative estimate of drug-likeness (QED) is 0.782. The molecule has 2 heterocycles. The van der Waals surface area contributed by atoms with Crippen LogP contribution in [0.5, 0.6) is 11.5 Å². The molecule has 0 radical (unpaired) electrons. The summed E-state index contributed by atoms with van der Waals surface area (Å²) in [6, 6.07) is 7.85. The third kappa shape index (κ3) is 2.81. The van der Waals surface area contributed by atoms with Crippen LogP contribution in [0.4, 0.5) is 0 Å². The molecular formula is C16H17N3O2. The maximum atomic E-state index is 5.30. The number of benzene rings is 1. The molecular weight excluding hydrogens is 266 g/mol. The highest BCUT2D eigenvalue weighted by Gasteiger charge is 2.10. The Morgan fingerprint density at radius 2 is 1.71 bits per heavy atom. The van der Waals surface area contributed by atoms with E-state index in [0.29, 0.717) is 11.5 Å². The van der Waals surface area contributed by atoms with Crippen molar-refractivity contribution >= 4 is 11.0 Å². The summed E-state index contributed by atoms with van der Waals surface area (Å²) < 4.78 is 10.6. The Morgan fingerprint density at radius 3 is 2.43 bits per heavy atom. The first-order valence-electron chi connectivity index (χ1n) is 6.79. The van der Waals surface area contributed by atoms with Crippen molar-refractivity contribution in [2.75, 3.05) is 14.2 Å². The Morgan fingerprint density at radius 1 is 1.00 bits per heavy atom. The highest BCUT2D eigenvalue weighted by molar-refractivity contribution is 5.79. The normalized spacial score (nSPS) is 10.8. The predicted octanol–water partition coefficient (Wildman–Crippen LogP) is 2.76. The maximum absolute atomic E-state index is 5.30. The Kier molecular flexibility index (Phi) is 3.73. The molecule has 0 saturated carbocycles. The van der Waals surface area contributed by atoms with Gasteiger partial charge in [0.1, 0.15) is 5.82 Å². The SMILES string of the molecule is COc1cc2nc(CCc3ccncc3)[nH]c2cc1OC. The lowest BCUT2D eigenvalue weighted by Crippen LogP contribution is -1.93. The molecule has 0 fully saturated rings. The number of H-pyrrole nitrogens is 1. The molecule has 0 unspecified atom stereocenters. The first kappa shape index (κ1) is 13.4. The first-order chi connectivity index (χ1) is 10.3. The van der Waals surface area contributed by atoms with Gasteiger partial charge in [0.2, 0.25) is 0 Å². The van der Waals surface area contributed by atoms with Crippen LogP contribution in [0.25, 0.3) is 11.0 Å². The van der Waals surface area contributed by atoms with Crippen molar-refractivity contribution in [3.63, 3.8) is 0 Å². The number of hydrogen-bond donors (Lipinski definition) is 1. The first-order valence-corrected chi connectivity index (χ1v) is 6.79. The number of hydrogen-bond acceptors (Lipinski definition) is 4. The van der Waals surface area contributed by atoms with Crippen molar-refractivity contribution in [3.05, 3.63) is 48.0 Å². The van der Waals surface area contributed by atoms with E-state index >= 15 is 0 Å². The number of rotatable bonds is 5. The van der Waals surface area contributed by atoms with E-state index in [-0.39, 0.29) is 0 Å². The average molecular weight is 283 g/mol. The number of pyridine rings is 1. The van der Waals surface area contributed by atoms with Gasteiger partial charge in [-0.1, -0.05) is 0 Å². The van der Waals surface area contributed by atoms with E-state index in [0.717, 1.165) is 29.7 Å². The van der Waals surface area contributed by atoms with Crippen LogP contribution >= 0.6 is 0 Å². The van der Waals surface area contributed by atoms with Crippen molar-refractivity contribution in [2.45, 2.75) is 12.8 Å². The number of ether oxygens (including phenoxy) is 2. The molecule has 0 amide bonds. The van der Waals surface area contributed by atoms with Crippen molar-refractivity contribution < 1.29 is 9.47 Å². The Hall–Kier alpha value is -2.56. The molecule has 5 nitrogen and oxygen atoms in total. The monoisotopic (exact) mass is 283 g/mol. The van der Waals surface area contributed by atoms with Gasteiger partial charge in [0.25, 0.3) is 0 Å². The van der Waals surface area contributed by atoms with Crippen LogP contribution < -0.4 is 9.47 Å². The second kappa shape index (κ2) is 5.83. The summed E-state index contributed by atoms with van der Waals surface area (Å²) >= 11 is 0. The predicted molar refractivity (Wildman–Crippen MR) is 80.8 cm³/mol. The van der Waals surface area contributed by atoms with Crippen LogP contribution in [-0.2, 0) is 12.8 Å². The number of nitrogens with one attached hydrogen (secondary N) is 1. The Bertz CT molecular complexity index is 697. The van der Waals surface area contributed by atoms with Gasteiger partial charge in [-0.25, -0.2) is 4.98 Å². The Balaban J connectivity index is 1.84. The molecule has 0 aliphatic rings. The number of methoxy groups -OCH3 is 2. The molecule has 5 heteroatoms. The molecule has 0 aliphatic carbocycles. The van der Waals surface area contributed by atoms with Crippen LogP contribution in [0.1, 0.15) is 11.4 Å². The highest BCUT2D eigenvalue weighted by Crippen LogP contribution is 2.31. The van der Waals surface area contributed by atoms with E-state index in [1.165, 1.54) is 5.56 Å². The van der Waals surface area contributed by atoms with E-state index in [9.17, 15) is 0 Å². The van der Waals surface area contributed by atoms with Crippen molar-refractivity contribution in [2.24, 2.45) is 0 Å². The lowest BCUT2D eigenvalue weighted by molar-refractivity contribution is 0.356. The average Bonchev–Trinajstić information content (AvgIpc) is 2.94. The molecule has 0 bridgehead atoms. The van der Waals surface area contributed by atoms with E-state index in [2.05, 4.69) is 15.0 Å². The smallest absolute Gasteiger partial charge is 0.163 e. The number of aromatic amines is 1. The molecule has 2 aromatic heterocycles. The third-order valence-electron chi connectivity index (χ3n) is 3.44. The molecule has 0 aliphatic heterocycles. The van der Waals surface area contributed by atoms with Crippen LogP contribution in [0.3, 0.4) is 0 Å². The minimum atomic E-state index is 0.692. The lowest BCUT2D eigenvalue weighted by Gasteiger charge is -2.06. The van der Waals surface area contributed by atoms with Gasteiger partial charge in [0.05, 0.1) is 25.3 Å². The molecule has 21 heavy (non-hydrogen) atoms. The van der Waals surface area contributed by atoms with E-state index < -0.39 is 0 Å². The number of fused-ring (bicyclic) bond motifs is 1. The van der Waals surface area contributed by atoms with Gasteiger partial charge in [-0.05, 0) is 24.1 Å². The fraction of sp³-hybridized carbons (Fsp3) is 0.250. The summed E-state index contributed by atoms with van der Waals surface area (Å²) in [6.45, 7) is 0. The zero-order chi connectivity index (χ0) is 14.7. The van der Waals surface area contributed by atoms with Gasteiger partial charge >= 0.3 is 0 Å². The van der Waals surface area contributed by atoms with Gasteiger partial charge in [-0.3, -0.25) is 4.98 Å². The second-order valence-electron chi connectivity index (χ2n) is 4.76. The van der Waals surface area contributed by atoms with Crippen molar-refractivity contribution in [3.8, 4) is 11.5 Å². The second-order valence-corrected chi connectivity index (χ2v) is 4.76. The van der Waals surface area contributed by atoms with E-state index in [1.807, 2.05) is 36.7 Å². The summed E-state index contributed by atoms with van der Waals surface area (Å²) in [4.78, 5) is 12.0. The topological polar surface area (TPSA) is 60.0 Å². The molecule has 1 aromatic carbocycles.